The summed E-state index contributed by atoms with van der Waals surface area (Å²) < 4.78 is 13.8. The van der Waals surface area contributed by atoms with E-state index in [9.17, 15) is 9.50 Å². The summed E-state index contributed by atoms with van der Waals surface area (Å²) in [5, 5.41) is 9.39. The highest BCUT2D eigenvalue weighted by Gasteiger charge is 2.21. The van der Waals surface area contributed by atoms with E-state index in [2.05, 4.69) is 9.88 Å². The number of pyridine rings is 1. The van der Waals surface area contributed by atoms with Crippen molar-refractivity contribution >= 4 is 11.5 Å². The zero-order chi connectivity index (χ0) is 14.7. The van der Waals surface area contributed by atoms with Crippen molar-refractivity contribution in [3.63, 3.8) is 0 Å². The summed E-state index contributed by atoms with van der Waals surface area (Å²) in [5.41, 5.74) is 1.48. The summed E-state index contributed by atoms with van der Waals surface area (Å²) in [7, 11) is 0. The third-order valence-corrected chi connectivity index (χ3v) is 3.81. The van der Waals surface area contributed by atoms with Crippen LogP contribution in [0.4, 0.5) is 15.9 Å². The number of anilines is 2. The Labute approximate surface area is 123 Å². The highest BCUT2D eigenvalue weighted by Crippen LogP contribution is 2.23. The molecule has 1 aromatic carbocycles. The first kappa shape index (κ1) is 13.8. The molecule has 1 aromatic heterocycles. The fourth-order valence-corrected chi connectivity index (χ4v) is 2.71. The minimum absolute atomic E-state index is 0.0172. The number of aromatic nitrogens is 1. The summed E-state index contributed by atoms with van der Waals surface area (Å²) >= 11 is 0. The first-order valence-electron chi connectivity index (χ1n) is 7.09. The van der Waals surface area contributed by atoms with E-state index in [1.165, 1.54) is 6.07 Å². The molecule has 21 heavy (non-hydrogen) atoms. The van der Waals surface area contributed by atoms with Crippen LogP contribution >= 0.6 is 0 Å². The Balaban J connectivity index is 1.72. The molecule has 0 spiro atoms. The average molecular weight is 287 g/mol. The molecular weight excluding hydrogens is 269 g/mol. The van der Waals surface area contributed by atoms with Gasteiger partial charge in [0, 0.05) is 37.9 Å². The Morgan fingerprint density at radius 2 is 1.71 bits per heavy atom. The average Bonchev–Trinajstić information content (AvgIpc) is 2.55. The van der Waals surface area contributed by atoms with E-state index >= 15 is 0 Å². The second-order valence-electron chi connectivity index (χ2n) is 5.07. The predicted molar refractivity (Wildman–Crippen MR) is 81.0 cm³/mol. The van der Waals surface area contributed by atoms with Crippen molar-refractivity contribution in [1.82, 2.24) is 4.98 Å². The summed E-state index contributed by atoms with van der Waals surface area (Å²) in [6.45, 7) is 2.98. The van der Waals surface area contributed by atoms with E-state index < -0.39 is 0 Å². The molecule has 0 atom stereocenters. The summed E-state index contributed by atoms with van der Waals surface area (Å²) in [6, 6.07) is 10.6. The maximum absolute atomic E-state index is 13.8. The van der Waals surface area contributed by atoms with E-state index in [0.29, 0.717) is 5.69 Å². The topological polar surface area (TPSA) is 39.6 Å². The lowest BCUT2D eigenvalue weighted by atomic mass is 10.2. The maximum Gasteiger partial charge on any atom is 0.146 e. The van der Waals surface area contributed by atoms with Crippen molar-refractivity contribution in [2.75, 3.05) is 36.0 Å². The lowest BCUT2D eigenvalue weighted by Gasteiger charge is -2.37. The number of benzene rings is 1. The molecule has 2 aromatic rings. The zero-order valence-corrected chi connectivity index (χ0v) is 11.7. The zero-order valence-electron chi connectivity index (χ0n) is 11.7. The third kappa shape index (κ3) is 2.83. The first-order chi connectivity index (χ1) is 10.3. The van der Waals surface area contributed by atoms with E-state index in [0.717, 1.165) is 37.6 Å². The monoisotopic (exact) mass is 287 g/mol. The first-order valence-corrected chi connectivity index (χ1v) is 7.09. The highest BCUT2D eigenvalue weighted by molar-refractivity contribution is 5.52. The van der Waals surface area contributed by atoms with Crippen molar-refractivity contribution in [3.8, 4) is 0 Å². The van der Waals surface area contributed by atoms with Crippen LogP contribution in [0.1, 0.15) is 5.56 Å². The van der Waals surface area contributed by atoms with Gasteiger partial charge in [0.2, 0.25) is 0 Å². The summed E-state index contributed by atoms with van der Waals surface area (Å²) in [5.74, 6) is 0.646. The fraction of sp³-hybridized carbons (Fsp3) is 0.312. The number of hydrogen-bond acceptors (Lipinski definition) is 4. The fourth-order valence-electron chi connectivity index (χ4n) is 2.71. The van der Waals surface area contributed by atoms with Crippen LogP contribution in [0.3, 0.4) is 0 Å². The van der Waals surface area contributed by atoms with E-state index in [-0.39, 0.29) is 12.4 Å². The van der Waals surface area contributed by atoms with Crippen molar-refractivity contribution in [2.45, 2.75) is 6.61 Å². The molecule has 1 N–H and O–H groups in total. The van der Waals surface area contributed by atoms with Gasteiger partial charge in [-0.25, -0.2) is 9.37 Å². The molecule has 0 unspecified atom stereocenters. The minimum Gasteiger partial charge on any atom is -0.392 e. The second kappa shape index (κ2) is 6.10. The molecule has 1 saturated heterocycles. The number of piperazine rings is 1. The van der Waals surface area contributed by atoms with Gasteiger partial charge < -0.3 is 14.9 Å². The number of rotatable bonds is 3. The van der Waals surface area contributed by atoms with Crippen LogP contribution in [0.5, 0.6) is 0 Å². The van der Waals surface area contributed by atoms with E-state index in [4.69, 9.17) is 0 Å². The smallest absolute Gasteiger partial charge is 0.146 e. The quantitative estimate of drug-likeness (QED) is 0.938. The summed E-state index contributed by atoms with van der Waals surface area (Å²) in [6.07, 6.45) is 1.73. The number of aliphatic hydroxyl groups excluding tert-OH is 1. The lowest BCUT2D eigenvalue weighted by molar-refractivity contribution is 0.281. The Morgan fingerprint density at radius 3 is 2.43 bits per heavy atom. The molecular formula is C16H18FN3O. The lowest BCUT2D eigenvalue weighted by Crippen LogP contribution is -2.47. The molecule has 0 aliphatic carbocycles. The van der Waals surface area contributed by atoms with Crippen LogP contribution in [0.15, 0.2) is 42.6 Å². The van der Waals surface area contributed by atoms with Gasteiger partial charge in [0.1, 0.15) is 11.6 Å². The van der Waals surface area contributed by atoms with Crippen LogP contribution in [-0.4, -0.2) is 36.3 Å². The van der Waals surface area contributed by atoms with Crippen LogP contribution in [0, 0.1) is 5.82 Å². The number of para-hydroxylation sites is 1. The molecule has 3 rings (SSSR count). The highest BCUT2D eigenvalue weighted by atomic mass is 19.1. The third-order valence-electron chi connectivity index (χ3n) is 3.81. The van der Waals surface area contributed by atoms with Crippen LogP contribution < -0.4 is 9.80 Å². The van der Waals surface area contributed by atoms with Crippen LogP contribution in [-0.2, 0) is 6.61 Å². The summed E-state index contributed by atoms with van der Waals surface area (Å²) in [4.78, 5) is 8.55. The van der Waals surface area contributed by atoms with Crippen molar-refractivity contribution in [3.05, 3.63) is 54.0 Å². The number of aliphatic hydroxyl groups is 1. The predicted octanol–water partition coefficient (Wildman–Crippen LogP) is 2.04. The molecule has 0 saturated carbocycles. The Bertz CT molecular complexity index is 612. The molecule has 5 heteroatoms. The van der Waals surface area contributed by atoms with Crippen LogP contribution in [0.2, 0.25) is 0 Å². The number of hydrogen-bond donors (Lipinski definition) is 1. The number of halogens is 1. The molecule has 1 aliphatic heterocycles. The Hall–Kier alpha value is -2.14. The molecule has 0 bridgehead atoms. The van der Waals surface area contributed by atoms with Gasteiger partial charge in [0.15, 0.2) is 0 Å². The van der Waals surface area contributed by atoms with E-state index in [1.54, 1.807) is 12.3 Å². The van der Waals surface area contributed by atoms with Gasteiger partial charge in [-0.2, -0.15) is 0 Å². The molecule has 0 radical (unpaired) electrons. The van der Waals surface area contributed by atoms with Gasteiger partial charge in [-0.3, -0.25) is 0 Å². The molecule has 110 valence electrons. The molecule has 1 fully saturated rings. The Morgan fingerprint density at radius 1 is 1.00 bits per heavy atom. The van der Waals surface area contributed by atoms with Crippen molar-refractivity contribution in [1.29, 1.82) is 0 Å². The van der Waals surface area contributed by atoms with Gasteiger partial charge in [-0.15, -0.1) is 0 Å². The van der Waals surface area contributed by atoms with Crippen LogP contribution in [0.25, 0.3) is 0 Å². The second-order valence-corrected chi connectivity index (χ2v) is 5.07. The standard InChI is InChI=1S/C16H18FN3O/c17-14-5-1-2-6-15(14)19-8-10-20(11-9-19)16-13(12-21)4-3-7-18-16/h1-7,21H,8-12H2. The van der Waals surface area contributed by atoms with E-state index in [1.807, 2.05) is 29.2 Å². The van der Waals surface area contributed by atoms with Gasteiger partial charge in [-0.1, -0.05) is 18.2 Å². The van der Waals surface area contributed by atoms with Gasteiger partial charge >= 0.3 is 0 Å². The SMILES string of the molecule is OCc1cccnc1N1CCN(c2ccccc2F)CC1. The normalized spacial score (nSPS) is 15.3. The molecule has 4 nitrogen and oxygen atoms in total. The van der Waals surface area contributed by atoms with Gasteiger partial charge in [0.25, 0.3) is 0 Å². The largest absolute Gasteiger partial charge is 0.392 e. The van der Waals surface area contributed by atoms with Gasteiger partial charge in [-0.05, 0) is 18.2 Å². The minimum atomic E-state index is -0.181. The van der Waals surface area contributed by atoms with Crippen molar-refractivity contribution in [2.24, 2.45) is 0 Å². The molecule has 2 heterocycles. The molecule has 0 amide bonds. The van der Waals surface area contributed by atoms with Gasteiger partial charge in [0.05, 0.1) is 12.3 Å². The number of nitrogens with zero attached hydrogens (tertiary/aromatic N) is 3. The molecule has 1 aliphatic rings. The Kier molecular flexibility index (Phi) is 4.01. The van der Waals surface area contributed by atoms with Crippen molar-refractivity contribution < 1.29 is 9.50 Å². The maximum atomic E-state index is 13.8.